The zero-order chi connectivity index (χ0) is 14.3. The van der Waals surface area contributed by atoms with Gasteiger partial charge in [0.2, 0.25) is 0 Å². The number of fused-ring (bicyclic) bond motifs is 1. The van der Waals surface area contributed by atoms with Crippen LogP contribution in [0.15, 0.2) is 28.7 Å². The molecule has 1 saturated carbocycles. The van der Waals surface area contributed by atoms with Crippen molar-refractivity contribution in [2.45, 2.75) is 32.2 Å². The lowest BCUT2D eigenvalue weighted by atomic mass is 9.95. The minimum absolute atomic E-state index is 0. The van der Waals surface area contributed by atoms with E-state index in [1.165, 1.54) is 0 Å². The van der Waals surface area contributed by atoms with E-state index in [9.17, 15) is 4.79 Å². The number of rotatable bonds is 4. The molecule has 0 bridgehead atoms. The van der Waals surface area contributed by atoms with Crippen LogP contribution in [0.3, 0.4) is 0 Å². The van der Waals surface area contributed by atoms with Crippen molar-refractivity contribution in [3.63, 3.8) is 0 Å². The Kier molecular flexibility index (Phi) is 4.30. The fourth-order valence-corrected chi connectivity index (χ4v) is 2.75. The summed E-state index contributed by atoms with van der Waals surface area (Å²) in [6.07, 6.45) is 2.26. The van der Waals surface area contributed by atoms with E-state index in [-0.39, 0.29) is 23.9 Å². The van der Waals surface area contributed by atoms with Crippen molar-refractivity contribution in [1.29, 1.82) is 0 Å². The van der Waals surface area contributed by atoms with Crippen LogP contribution in [-0.2, 0) is 0 Å². The maximum Gasteiger partial charge on any atom is 0.287 e. The summed E-state index contributed by atoms with van der Waals surface area (Å²) in [5, 5.41) is 4.05. The molecule has 1 aromatic carbocycles. The predicted molar refractivity (Wildman–Crippen MR) is 85.8 cm³/mol. The first-order valence-electron chi connectivity index (χ1n) is 7.06. The Morgan fingerprint density at radius 1 is 1.43 bits per heavy atom. The molecule has 4 nitrogen and oxygen atoms in total. The van der Waals surface area contributed by atoms with Crippen LogP contribution in [0.4, 0.5) is 0 Å². The molecule has 1 heterocycles. The number of aryl methyl sites for hydroxylation is 1. The maximum absolute atomic E-state index is 12.5. The Hall–Kier alpha value is -1.52. The largest absolute Gasteiger partial charge is 0.451 e. The molecule has 1 amide bonds. The Bertz CT molecular complexity index is 663. The van der Waals surface area contributed by atoms with Gasteiger partial charge >= 0.3 is 0 Å². The van der Waals surface area contributed by atoms with E-state index >= 15 is 0 Å². The molecule has 1 unspecified atom stereocenters. The summed E-state index contributed by atoms with van der Waals surface area (Å²) in [6, 6.07) is 7.69. The monoisotopic (exact) mass is 308 g/mol. The molecule has 0 aliphatic heterocycles. The minimum Gasteiger partial charge on any atom is -0.451 e. The second-order valence-corrected chi connectivity index (χ2v) is 5.90. The average molecular weight is 309 g/mol. The summed E-state index contributed by atoms with van der Waals surface area (Å²) in [5.41, 5.74) is 7.14. The number of benzene rings is 1. The Morgan fingerprint density at radius 2 is 2.10 bits per heavy atom. The van der Waals surface area contributed by atoms with Gasteiger partial charge in [-0.3, -0.25) is 4.79 Å². The third kappa shape index (κ3) is 2.78. The van der Waals surface area contributed by atoms with Gasteiger partial charge in [0.25, 0.3) is 5.91 Å². The van der Waals surface area contributed by atoms with Gasteiger partial charge in [0, 0.05) is 17.5 Å². The van der Waals surface area contributed by atoms with Crippen molar-refractivity contribution in [3.8, 4) is 0 Å². The molecule has 0 saturated heterocycles. The SMILES string of the molecule is Cc1c(C(=O)NC(C)(CN)C2CC2)oc2ccccc12.Cl. The normalized spacial score (nSPS) is 17.1. The van der Waals surface area contributed by atoms with Crippen molar-refractivity contribution < 1.29 is 9.21 Å². The van der Waals surface area contributed by atoms with E-state index in [4.69, 9.17) is 10.2 Å². The van der Waals surface area contributed by atoms with Crippen LogP contribution in [-0.4, -0.2) is 18.0 Å². The first-order valence-corrected chi connectivity index (χ1v) is 7.06. The maximum atomic E-state index is 12.5. The fourth-order valence-electron chi connectivity index (χ4n) is 2.75. The van der Waals surface area contributed by atoms with Crippen molar-refractivity contribution in [1.82, 2.24) is 5.32 Å². The van der Waals surface area contributed by atoms with Crippen LogP contribution in [0.25, 0.3) is 11.0 Å². The topological polar surface area (TPSA) is 68.3 Å². The van der Waals surface area contributed by atoms with Crippen LogP contribution in [0.1, 0.15) is 35.9 Å². The van der Waals surface area contributed by atoms with Gasteiger partial charge in [-0.1, -0.05) is 18.2 Å². The van der Waals surface area contributed by atoms with Crippen LogP contribution in [0.2, 0.25) is 0 Å². The summed E-state index contributed by atoms with van der Waals surface area (Å²) in [5.74, 6) is 0.714. The lowest BCUT2D eigenvalue weighted by molar-refractivity contribution is 0.0870. The number of para-hydroxylation sites is 1. The number of carbonyl (C=O) groups is 1. The molecule has 1 aliphatic rings. The Balaban J connectivity index is 0.00000161. The van der Waals surface area contributed by atoms with Gasteiger partial charge in [-0.15, -0.1) is 12.4 Å². The van der Waals surface area contributed by atoms with Crippen LogP contribution in [0.5, 0.6) is 0 Å². The number of amides is 1. The van der Waals surface area contributed by atoms with Crippen molar-refractivity contribution in [3.05, 3.63) is 35.6 Å². The van der Waals surface area contributed by atoms with E-state index in [2.05, 4.69) is 5.32 Å². The molecule has 21 heavy (non-hydrogen) atoms. The molecule has 5 heteroatoms. The first-order chi connectivity index (χ1) is 9.55. The van der Waals surface area contributed by atoms with Gasteiger partial charge in [-0.05, 0) is 38.7 Å². The van der Waals surface area contributed by atoms with E-state index in [0.29, 0.717) is 18.2 Å². The molecule has 0 radical (unpaired) electrons. The van der Waals surface area contributed by atoms with Crippen LogP contribution < -0.4 is 11.1 Å². The van der Waals surface area contributed by atoms with Crippen molar-refractivity contribution in [2.75, 3.05) is 6.54 Å². The highest BCUT2D eigenvalue weighted by Gasteiger charge is 2.42. The number of carbonyl (C=O) groups excluding carboxylic acids is 1. The lowest BCUT2D eigenvalue weighted by Crippen LogP contribution is -2.53. The Labute approximate surface area is 130 Å². The second-order valence-electron chi connectivity index (χ2n) is 5.90. The summed E-state index contributed by atoms with van der Waals surface area (Å²) < 4.78 is 5.70. The highest BCUT2D eigenvalue weighted by Crippen LogP contribution is 2.39. The second kappa shape index (κ2) is 5.70. The molecule has 1 atom stereocenters. The summed E-state index contributed by atoms with van der Waals surface area (Å²) >= 11 is 0. The molecule has 3 rings (SSSR count). The smallest absolute Gasteiger partial charge is 0.287 e. The van der Waals surface area contributed by atoms with Crippen molar-refractivity contribution in [2.24, 2.45) is 11.7 Å². The number of halogens is 1. The standard InChI is InChI=1S/C16H20N2O2.ClH/c1-10-12-5-3-4-6-13(12)20-14(10)15(19)18-16(2,9-17)11-7-8-11;/h3-6,11H,7-9,17H2,1-2H3,(H,18,19);1H. The highest BCUT2D eigenvalue weighted by atomic mass is 35.5. The number of nitrogens with two attached hydrogens (primary N) is 1. The molecular weight excluding hydrogens is 288 g/mol. The molecule has 2 aromatic rings. The van der Waals surface area contributed by atoms with E-state index < -0.39 is 0 Å². The zero-order valence-electron chi connectivity index (χ0n) is 12.3. The summed E-state index contributed by atoms with van der Waals surface area (Å²) in [6.45, 7) is 4.38. The summed E-state index contributed by atoms with van der Waals surface area (Å²) in [4.78, 5) is 12.5. The number of hydrogen-bond donors (Lipinski definition) is 2. The van der Waals surface area contributed by atoms with E-state index in [1.54, 1.807) is 0 Å². The molecule has 0 spiro atoms. The van der Waals surface area contributed by atoms with Gasteiger partial charge in [0.1, 0.15) is 5.58 Å². The van der Waals surface area contributed by atoms with Gasteiger partial charge in [0.05, 0.1) is 5.54 Å². The fraction of sp³-hybridized carbons (Fsp3) is 0.438. The average Bonchev–Trinajstić information content (AvgIpc) is 3.25. The highest BCUT2D eigenvalue weighted by molar-refractivity contribution is 5.99. The van der Waals surface area contributed by atoms with Crippen LogP contribution >= 0.6 is 12.4 Å². The molecule has 3 N–H and O–H groups in total. The first kappa shape index (κ1) is 15.9. The number of furan rings is 1. The van der Waals surface area contributed by atoms with Gasteiger partial charge in [-0.25, -0.2) is 0 Å². The lowest BCUT2D eigenvalue weighted by Gasteiger charge is -2.29. The van der Waals surface area contributed by atoms with Gasteiger partial charge in [0.15, 0.2) is 5.76 Å². The number of nitrogens with one attached hydrogen (secondary N) is 1. The van der Waals surface area contributed by atoms with Crippen molar-refractivity contribution >= 4 is 29.3 Å². The number of hydrogen-bond acceptors (Lipinski definition) is 3. The molecule has 114 valence electrons. The molecular formula is C16H21ClN2O2. The predicted octanol–water partition coefficient (Wildman–Crippen LogP) is 3.02. The summed E-state index contributed by atoms with van der Waals surface area (Å²) in [7, 11) is 0. The molecule has 1 fully saturated rings. The molecule has 1 aliphatic carbocycles. The van der Waals surface area contributed by atoms with Gasteiger partial charge < -0.3 is 15.5 Å². The van der Waals surface area contributed by atoms with E-state index in [1.807, 2.05) is 38.1 Å². The third-order valence-electron chi connectivity index (χ3n) is 4.35. The molecule has 1 aromatic heterocycles. The minimum atomic E-state index is -0.331. The van der Waals surface area contributed by atoms with E-state index in [0.717, 1.165) is 29.4 Å². The Morgan fingerprint density at radius 3 is 2.67 bits per heavy atom. The van der Waals surface area contributed by atoms with Gasteiger partial charge in [-0.2, -0.15) is 0 Å². The van der Waals surface area contributed by atoms with Crippen LogP contribution in [0, 0.1) is 12.8 Å². The third-order valence-corrected chi connectivity index (χ3v) is 4.35. The zero-order valence-corrected chi connectivity index (χ0v) is 13.1. The quantitative estimate of drug-likeness (QED) is 0.912.